The van der Waals surface area contributed by atoms with Gasteiger partial charge in [0.25, 0.3) is 12.4 Å². The van der Waals surface area contributed by atoms with Gasteiger partial charge in [0.15, 0.2) is 0 Å². The SMILES string of the molecule is Cc1ccc(C(=O)O)c(N2CCCN(C(=O)c3cnn4ccn(C)c34)CC2)n1.O=CO. The highest BCUT2D eigenvalue weighted by atomic mass is 16.4. The lowest BCUT2D eigenvalue weighted by atomic mass is 10.2. The molecule has 1 amide bonds. The van der Waals surface area contributed by atoms with Gasteiger partial charge < -0.3 is 24.6 Å². The van der Waals surface area contributed by atoms with E-state index in [4.69, 9.17) is 9.90 Å². The molecule has 2 N–H and O–H groups in total. The van der Waals surface area contributed by atoms with Crippen molar-refractivity contribution in [2.24, 2.45) is 7.05 Å². The number of hydrogen-bond donors (Lipinski definition) is 2. The summed E-state index contributed by atoms with van der Waals surface area (Å²) in [6, 6.07) is 3.29. The maximum absolute atomic E-state index is 13.1. The number of carbonyl (C=O) groups excluding carboxylic acids is 1. The molecule has 4 heterocycles. The molecule has 1 fully saturated rings. The third-order valence-electron chi connectivity index (χ3n) is 5.09. The van der Waals surface area contributed by atoms with Crippen LogP contribution < -0.4 is 4.90 Å². The molecule has 0 bridgehead atoms. The van der Waals surface area contributed by atoms with Gasteiger partial charge in [-0.25, -0.2) is 14.3 Å². The molecule has 1 aliphatic rings. The van der Waals surface area contributed by atoms with E-state index in [0.29, 0.717) is 37.6 Å². The summed E-state index contributed by atoms with van der Waals surface area (Å²) in [5.41, 5.74) is 2.29. The number of anilines is 1. The smallest absolute Gasteiger partial charge is 0.339 e. The highest BCUT2D eigenvalue weighted by molar-refractivity contribution is 6.00. The summed E-state index contributed by atoms with van der Waals surface area (Å²) in [6.45, 7) is 3.86. The third-order valence-corrected chi connectivity index (χ3v) is 5.09. The monoisotopic (exact) mass is 428 g/mol. The molecule has 11 heteroatoms. The number of imidazole rings is 1. The van der Waals surface area contributed by atoms with Gasteiger partial charge in [-0.15, -0.1) is 0 Å². The van der Waals surface area contributed by atoms with Gasteiger partial charge in [-0.2, -0.15) is 5.10 Å². The van der Waals surface area contributed by atoms with Crippen LogP contribution >= 0.6 is 0 Å². The molecule has 0 atom stereocenters. The summed E-state index contributed by atoms with van der Waals surface area (Å²) < 4.78 is 3.56. The second-order valence-electron chi connectivity index (χ2n) is 7.10. The molecule has 164 valence electrons. The zero-order valence-corrected chi connectivity index (χ0v) is 17.3. The van der Waals surface area contributed by atoms with Crippen LogP contribution in [0.4, 0.5) is 5.82 Å². The number of nitrogens with zero attached hydrogens (tertiary/aromatic N) is 6. The van der Waals surface area contributed by atoms with Gasteiger partial charge in [0.05, 0.1) is 6.20 Å². The van der Waals surface area contributed by atoms with E-state index in [9.17, 15) is 14.7 Å². The molecular formula is C20H24N6O5. The first-order valence-electron chi connectivity index (χ1n) is 9.69. The minimum atomic E-state index is -0.995. The number of aromatic carboxylic acids is 1. The van der Waals surface area contributed by atoms with E-state index < -0.39 is 5.97 Å². The molecule has 0 saturated carbocycles. The Labute approximate surface area is 178 Å². The first-order chi connectivity index (χ1) is 14.9. The summed E-state index contributed by atoms with van der Waals surface area (Å²) in [5, 5.41) is 20.6. The minimum absolute atomic E-state index is 0.0608. The van der Waals surface area contributed by atoms with E-state index in [1.54, 1.807) is 27.7 Å². The van der Waals surface area contributed by atoms with E-state index in [2.05, 4.69) is 10.1 Å². The number of carboxylic acid groups (broad SMARTS) is 2. The summed E-state index contributed by atoms with van der Waals surface area (Å²) in [6.07, 6.45) is 6.01. The first kappa shape index (κ1) is 21.8. The van der Waals surface area contributed by atoms with Crippen molar-refractivity contribution in [1.29, 1.82) is 0 Å². The zero-order valence-electron chi connectivity index (χ0n) is 17.3. The molecule has 0 unspecified atom stereocenters. The Morgan fingerprint density at radius 3 is 2.55 bits per heavy atom. The van der Waals surface area contributed by atoms with Crippen molar-refractivity contribution in [3.8, 4) is 0 Å². The van der Waals surface area contributed by atoms with E-state index >= 15 is 0 Å². The largest absolute Gasteiger partial charge is 0.483 e. The first-order valence-corrected chi connectivity index (χ1v) is 9.69. The molecule has 0 aliphatic carbocycles. The lowest BCUT2D eigenvalue weighted by Crippen LogP contribution is -2.36. The molecular weight excluding hydrogens is 404 g/mol. The number of fused-ring (bicyclic) bond motifs is 1. The Hall–Kier alpha value is -3.89. The number of aromatic nitrogens is 4. The maximum atomic E-state index is 13.1. The number of rotatable bonds is 3. The van der Waals surface area contributed by atoms with Crippen molar-refractivity contribution in [3.05, 3.63) is 47.5 Å². The summed E-state index contributed by atoms with van der Waals surface area (Å²) in [4.78, 5) is 41.2. The Morgan fingerprint density at radius 1 is 1.10 bits per heavy atom. The van der Waals surface area contributed by atoms with Crippen molar-refractivity contribution in [1.82, 2.24) is 24.1 Å². The second kappa shape index (κ2) is 9.28. The van der Waals surface area contributed by atoms with Gasteiger partial charge in [0, 0.05) is 51.3 Å². The number of carbonyl (C=O) groups is 3. The van der Waals surface area contributed by atoms with E-state index in [-0.39, 0.29) is 17.9 Å². The van der Waals surface area contributed by atoms with Crippen LogP contribution in [0.25, 0.3) is 5.65 Å². The average Bonchev–Trinajstić information content (AvgIpc) is 3.22. The number of aryl methyl sites for hydroxylation is 2. The highest BCUT2D eigenvalue weighted by Crippen LogP contribution is 2.21. The lowest BCUT2D eigenvalue weighted by molar-refractivity contribution is -0.122. The number of pyridine rings is 1. The van der Waals surface area contributed by atoms with E-state index in [1.165, 1.54) is 0 Å². The summed E-state index contributed by atoms with van der Waals surface area (Å²) in [5.74, 6) is -0.586. The maximum Gasteiger partial charge on any atom is 0.339 e. The molecule has 11 nitrogen and oxygen atoms in total. The van der Waals surface area contributed by atoms with Crippen molar-refractivity contribution < 1.29 is 24.6 Å². The molecule has 0 radical (unpaired) electrons. The normalized spacial score (nSPS) is 14.0. The number of amides is 1. The van der Waals surface area contributed by atoms with Crippen LogP contribution in [0, 0.1) is 6.92 Å². The lowest BCUT2D eigenvalue weighted by Gasteiger charge is -2.24. The van der Waals surface area contributed by atoms with Crippen molar-refractivity contribution in [2.45, 2.75) is 13.3 Å². The fraction of sp³-hybridized carbons (Fsp3) is 0.350. The minimum Gasteiger partial charge on any atom is -0.483 e. The quantitative estimate of drug-likeness (QED) is 0.593. The second-order valence-corrected chi connectivity index (χ2v) is 7.10. The van der Waals surface area contributed by atoms with Crippen LogP contribution in [0.3, 0.4) is 0 Å². The summed E-state index contributed by atoms with van der Waals surface area (Å²) in [7, 11) is 1.88. The molecule has 0 aromatic carbocycles. The standard InChI is InChI=1S/C19H22N6O3.CH2O2/c1-13-4-5-14(19(27)28)16(21-13)23-6-3-7-24(10-9-23)18(26)15-12-20-25-11-8-22(2)17(15)25;2-1-3/h4-5,8,11-12H,3,6-7,9-10H2,1-2H3,(H,27,28);1H,(H,2,3). The van der Waals surface area contributed by atoms with Crippen molar-refractivity contribution in [3.63, 3.8) is 0 Å². The molecule has 1 saturated heterocycles. The molecule has 3 aromatic rings. The van der Waals surface area contributed by atoms with Crippen LogP contribution in [0.1, 0.15) is 32.8 Å². The predicted molar refractivity (Wildman–Crippen MR) is 112 cm³/mol. The van der Waals surface area contributed by atoms with Gasteiger partial charge in [-0.1, -0.05) is 0 Å². The van der Waals surface area contributed by atoms with Crippen molar-refractivity contribution >= 4 is 29.8 Å². The van der Waals surface area contributed by atoms with Gasteiger partial charge >= 0.3 is 5.97 Å². The zero-order chi connectivity index (χ0) is 22.5. The molecule has 4 rings (SSSR count). The molecule has 3 aromatic heterocycles. The Morgan fingerprint density at radius 2 is 1.84 bits per heavy atom. The number of carboxylic acids is 1. The average molecular weight is 428 g/mol. The van der Waals surface area contributed by atoms with Crippen LogP contribution in [-0.4, -0.2) is 78.8 Å². The molecule has 1 aliphatic heterocycles. The van der Waals surface area contributed by atoms with Crippen LogP contribution in [0.5, 0.6) is 0 Å². The Balaban J connectivity index is 0.000000858. The van der Waals surface area contributed by atoms with Crippen LogP contribution in [0.15, 0.2) is 30.7 Å². The van der Waals surface area contributed by atoms with Crippen molar-refractivity contribution in [2.75, 3.05) is 31.1 Å². The fourth-order valence-corrected chi connectivity index (χ4v) is 3.65. The molecule has 0 spiro atoms. The van der Waals surface area contributed by atoms with Gasteiger partial charge in [0.2, 0.25) is 0 Å². The third kappa shape index (κ3) is 4.49. The predicted octanol–water partition coefficient (Wildman–Crippen LogP) is 1.13. The summed E-state index contributed by atoms with van der Waals surface area (Å²) >= 11 is 0. The van der Waals surface area contributed by atoms with E-state index in [1.807, 2.05) is 35.8 Å². The Kier molecular flexibility index (Phi) is 6.53. The Bertz CT molecular complexity index is 1100. The highest BCUT2D eigenvalue weighted by Gasteiger charge is 2.26. The van der Waals surface area contributed by atoms with Crippen LogP contribution in [-0.2, 0) is 11.8 Å². The fourth-order valence-electron chi connectivity index (χ4n) is 3.65. The van der Waals surface area contributed by atoms with Gasteiger partial charge in [-0.05, 0) is 25.5 Å². The van der Waals surface area contributed by atoms with Gasteiger partial charge in [0.1, 0.15) is 22.6 Å². The topological polar surface area (TPSA) is 133 Å². The van der Waals surface area contributed by atoms with Crippen LogP contribution in [0.2, 0.25) is 0 Å². The molecule has 31 heavy (non-hydrogen) atoms. The van der Waals surface area contributed by atoms with E-state index in [0.717, 1.165) is 17.8 Å². The van der Waals surface area contributed by atoms with Gasteiger partial charge in [-0.3, -0.25) is 9.59 Å². The number of hydrogen-bond acceptors (Lipinski definition) is 6.